The lowest BCUT2D eigenvalue weighted by Gasteiger charge is -2.28. The van der Waals surface area contributed by atoms with Crippen LogP contribution >= 0.6 is 0 Å². The molecule has 1 saturated carbocycles. The predicted octanol–water partition coefficient (Wildman–Crippen LogP) is 5.98. The molecule has 182 valence electrons. The quantitative estimate of drug-likeness (QED) is 0.327. The van der Waals surface area contributed by atoms with Gasteiger partial charge >= 0.3 is 5.97 Å². The molecule has 0 amide bonds. The van der Waals surface area contributed by atoms with Crippen molar-refractivity contribution in [3.05, 3.63) is 53.9 Å². The van der Waals surface area contributed by atoms with Gasteiger partial charge in [0.2, 0.25) is 5.92 Å². The Morgan fingerprint density at radius 3 is 2.54 bits per heavy atom. The average Bonchev–Trinajstić information content (AvgIpc) is 3.38. The molecule has 0 radical (unpaired) electrons. The van der Waals surface area contributed by atoms with Crippen molar-refractivity contribution >= 4 is 17.0 Å². The number of halogens is 2. The van der Waals surface area contributed by atoms with Crippen LogP contribution in [0.4, 0.5) is 8.78 Å². The second-order valence-corrected chi connectivity index (χ2v) is 9.21. The van der Waals surface area contributed by atoms with E-state index < -0.39 is 11.9 Å². The first-order valence-electron chi connectivity index (χ1n) is 11.6. The van der Waals surface area contributed by atoms with E-state index in [0.717, 1.165) is 39.0 Å². The Labute approximate surface area is 201 Å². The fourth-order valence-electron chi connectivity index (χ4n) is 4.90. The highest BCUT2D eigenvalue weighted by Crippen LogP contribution is 2.39. The molecule has 1 aliphatic rings. The number of ether oxygens (including phenoxy) is 1. The third kappa shape index (κ3) is 4.42. The summed E-state index contributed by atoms with van der Waals surface area (Å²) in [6.45, 7) is 4.37. The van der Waals surface area contributed by atoms with Crippen molar-refractivity contribution in [2.24, 2.45) is 5.92 Å². The van der Waals surface area contributed by atoms with Gasteiger partial charge in [0.1, 0.15) is 11.5 Å². The van der Waals surface area contributed by atoms with Gasteiger partial charge in [-0.2, -0.15) is 0 Å². The minimum absolute atomic E-state index is 0.0782. The van der Waals surface area contributed by atoms with Gasteiger partial charge in [-0.3, -0.25) is 4.98 Å². The molecule has 7 nitrogen and oxygen atoms in total. The van der Waals surface area contributed by atoms with Crippen LogP contribution in [0.2, 0.25) is 0 Å². The van der Waals surface area contributed by atoms with Crippen LogP contribution in [-0.2, 0) is 11.3 Å². The topological polar surface area (TPSA) is 83.0 Å². The molecule has 1 fully saturated rings. The maximum absolute atomic E-state index is 13.7. The van der Waals surface area contributed by atoms with Crippen molar-refractivity contribution in [3.63, 3.8) is 0 Å². The number of aryl methyl sites for hydroxylation is 2. The molecule has 5 rings (SSSR count). The number of rotatable bonds is 5. The van der Waals surface area contributed by atoms with Crippen molar-refractivity contribution in [2.45, 2.75) is 52.0 Å². The number of carbonyl (C=O) groups is 1. The van der Waals surface area contributed by atoms with Gasteiger partial charge in [-0.1, -0.05) is 11.2 Å². The molecule has 0 unspecified atom stereocenters. The largest absolute Gasteiger partial charge is 0.464 e. The zero-order valence-electron chi connectivity index (χ0n) is 19.8. The monoisotopic (exact) mass is 480 g/mol. The van der Waals surface area contributed by atoms with Crippen molar-refractivity contribution in [2.75, 3.05) is 7.11 Å². The number of alkyl halides is 2. The Balaban J connectivity index is 1.58. The van der Waals surface area contributed by atoms with E-state index in [1.54, 1.807) is 18.5 Å². The van der Waals surface area contributed by atoms with Gasteiger partial charge in [0.25, 0.3) is 0 Å². The fourth-order valence-corrected chi connectivity index (χ4v) is 4.90. The Morgan fingerprint density at radius 1 is 1.17 bits per heavy atom. The van der Waals surface area contributed by atoms with Crippen molar-refractivity contribution < 1.29 is 22.8 Å². The van der Waals surface area contributed by atoms with E-state index in [4.69, 9.17) is 14.2 Å². The minimum atomic E-state index is -2.56. The second-order valence-electron chi connectivity index (χ2n) is 9.21. The van der Waals surface area contributed by atoms with E-state index in [1.807, 2.05) is 32.2 Å². The Morgan fingerprint density at radius 2 is 1.91 bits per heavy atom. The van der Waals surface area contributed by atoms with Crippen LogP contribution in [0, 0.1) is 19.8 Å². The van der Waals surface area contributed by atoms with E-state index in [1.165, 1.54) is 7.11 Å². The molecule has 4 heterocycles. The van der Waals surface area contributed by atoms with E-state index in [2.05, 4.69) is 14.7 Å². The van der Waals surface area contributed by atoms with Crippen LogP contribution in [-0.4, -0.2) is 38.7 Å². The number of hydrogen-bond donors (Lipinski definition) is 0. The van der Waals surface area contributed by atoms with Crippen molar-refractivity contribution in [1.29, 1.82) is 0 Å². The first kappa shape index (κ1) is 23.1. The summed E-state index contributed by atoms with van der Waals surface area (Å²) in [5.74, 6) is -2.21. The smallest absolute Gasteiger partial charge is 0.356 e. The van der Waals surface area contributed by atoms with Gasteiger partial charge in [0.05, 0.1) is 23.8 Å². The highest BCUT2D eigenvalue weighted by molar-refractivity contribution is 5.95. The van der Waals surface area contributed by atoms with E-state index in [-0.39, 0.29) is 24.5 Å². The third-order valence-electron chi connectivity index (χ3n) is 6.80. The number of nitrogens with zero attached hydrogens (tertiary/aromatic N) is 4. The van der Waals surface area contributed by atoms with E-state index >= 15 is 0 Å². The third-order valence-corrected chi connectivity index (χ3v) is 6.80. The molecule has 4 aromatic heterocycles. The minimum Gasteiger partial charge on any atom is -0.464 e. The molecule has 0 atom stereocenters. The SMILES string of the molecule is COC(=O)c1ccc(-c2cn(CC3CCC(F)(F)CC3)c3cc(-c4c(C)noc4C)cnc23)cn1. The first-order chi connectivity index (χ1) is 16.8. The van der Waals surface area contributed by atoms with Gasteiger partial charge in [0.15, 0.2) is 0 Å². The maximum atomic E-state index is 13.7. The van der Waals surface area contributed by atoms with Crippen LogP contribution in [0.3, 0.4) is 0 Å². The zero-order chi connectivity index (χ0) is 24.7. The molecule has 0 saturated heterocycles. The Bertz CT molecular complexity index is 1360. The van der Waals surface area contributed by atoms with Crippen LogP contribution in [0.1, 0.15) is 47.6 Å². The molecule has 1 aliphatic carbocycles. The van der Waals surface area contributed by atoms with E-state index in [0.29, 0.717) is 25.1 Å². The summed E-state index contributed by atoms with van der Waals surface area (Å²) < 4.78 is 39.6. The Hall–Kier alpha value is -3.62. The summed E-state index contributed by atoms with van der Waals surface area (Å²) in [4.78, 5) is 20.8. The molecule has 0 spiro atoms. The highest BCUT2D eigenvalue weighted by Gasteiger charge is 2.35. The molecule has 0 bridgehead atoms. The number of hydrogen-bond acceptors (Lipinski definition) is 6. The molecule has 4 aromatic rings. The van der Waals surface area contributed by atoms with Crippen LogP contribution in [0.5, 0.6) is 0 Å². The molecule has 0 aliphatic heterocycles. The average molecular weight is 481 g/mol. The number of pyridine rings is 2. The summed E-state index contributed by atoms with van der Waals surface area (Å²) in [5.41, 5.74) is 6.10. The predicted molar refractivity (Wildman–Crippen MR) is 126 cm³/mol. The number of fused-ring (bicyclic) bond motifs is 1. The normalized spacial score (nSPS) is 16.0. The van der Waals surface area contributed by atoms with E-state index in [9.17, 15) is 13.6 Å². The number of methoxy groups -OCH3 is 1. The summed E-state index contributed by atoms with van der Waals surface area (Å²) in [7, 11) is 1.31. The Kier molecular flexibility index (Phi) is 5.86. The zero-order valence-corrected chi connectivity index (χ0v) is 19.8. The van der Waals surface area contributed by atoms with Crippen molar-refractivity contribution in [1.82, 2.24) is 19.7 Å². The highest BCUT2D eigenvalue weighted by atomic mass is 19.3. The summed E-state index contributed by atoms with van der Waals surface area (Å²) in [5, 5.41) is 4.06. The molecular weight excluding hydrogens is 454 g/mol. The number of carbonyl (C=O) groups excluding carboxylic acids is 1. The van der Waals surface area contributed by atoms with Crippen molar-refractivity contribution in [3.8, 4) is 22.3 Å². The molecular formula is C26H26F2N4O3. The standard InChI is InChI=1S/C26H26F2N4O3/c1-15-23(16(2)35-31-15)19-10-22-24(30-12-19)20(18-4-5-21(29-11-18)25(33)34-3)14-32(22)13-17-6-8-26(27,28)9-7-17/h4-5,10-12,14,17H,6-9,13H2,1-3H3. The first-order valence-corrected chi connectivity index (χ1v) is 11.6. The summed E-state index contributed by atoms with van der Waals surface area (Å²) in [6.07, 6.45) is 6.21. The van der Waals surface area contributed by atoms with Gasteiger partial charge in [-0.25, -0.2) is 18.6 Å². The van der Waals surface area contributed by atoms with Gasteiger partial charge in [0, 0.05) is 60.2 Å². The summed E-state index contributed by atoms with van der Waals surface area (Å²) >= 11 is 0. The number of esters is 1. The molecule has 0 aromatic carbocycles. The summed E-state index contributed by atoms with van der Waals surface area (Å²) in [6, 6.07) is 5.47. The molecule has 0 N–H and O–H groups in total. The van der Waals surface area contributed by atoms with Gasteiger partial charge in [-0.05, 0) is 44.7 Å². The maximum Gasteiger partial charge on any atom is 0.356 e. The molecule has 35 heavy (non-hydrogen) atoms. The number of aromatic nitrogens is 4. The van der Waals surface area contributed by atoms with Crippen LogP contribution in [0.25, 0.3) is 33.3 Å². The van der Waals surface area contributed by atoms with Gasteiger partial charge in [-0.15, -0.1) is 0 Å². The van der Waals surface area contributed by atoms with Crippen LogP contribution in [0.15, 0.2) is 41.3 Å². The van der Waals surface area contributed by atoms with Gasteiger partial charge < -0.3 is 13.8 Å². The second kappa shape index (κ2) is 8.87. The lowest BCUT2D eigenvalue weighted by Crippen LogP contribution is -2.26. The lowest BCUT2D eigenvalue weighted by molar-refractivity contribution is -0.0472. The fraction of sp³-hybridized carbons (Fsp3) is 0.385. The molecule has 9 heteroatoms. The lowest BCUT2D eigenvalue weighted by atomic mass is 9.87. The van der Waals surface area contributed by atoms with Crippen LogP contribution < -0.4 is 0 Å².